The number of hydrogen-bond donors (Lipinski definition) is 1. The molecule has 1 atom stereocenters. The van der Waals surface area contributed by atoms with E-state index in [0.717, 1.165) is 17.7 Å². The molecule has 1 nitrogen and oxygen atoms in total. The average Bonchev–Trinajstić information content (AvgIpc) is 2.42. The lowest BCUT2D eigenvalue weighted by Crippen LogP contribution is -2.24. The molecule has 4 heteroatoms. The highest BCUT2D eigenvalue weighted by Crippen LogP contribution is 2.27. The van der Waals surface area contributed by atoms with Crippen LogP contribution >= 0.6 is 11.6 Å². The highest BCUT2D eigenvalue weighted by Gasteiger charge is 2.17. The third-order valence-electron chi connectivity index (χ3n) is 3.53. The van der Waals surface area contributed by atoms with E-state index in [-0.39, 0.29) is 17.7 Å². The lowest BCUT2D eigenvalue weighted by molar-refractivity contribution is 0.524. The monoisotopic (exact) mass is 309 g/mol. The molecule has 0 aliphatic heterocycles. The lowest BCUT2D eigenvalue weighted by atomic mass is 9.95. The Bertz CT molecular complexity index is 608. The van der Waals surface area contributed by atoms with Crippen molar-refractivity contribution in [2.24, 2.45) is 0 Å². The van der Waals surface area contributed by atoms with Gasteiger partial charge in [-0.3, -0.25) is 0 Å². The number of nitrogens with one attached hydrogen (secondary N) is 1. The largest absolute Gasteiger partial charge is 0.310 e. The molecule has 0 heterocycles. The highest BCUT2D eigenvalue weighted by molar-refractivity contribution is 6.31. The second kappa shape index (κ2) is 7.01. The SMILES string of the molecule is CCNC(Cc1c(F)cccc1Cl)c1ccc(F)cc1C. The van der Waals surface area contributed by atoms with E-state index < -0.39 is 0 Å². The van der Waals surface area contributed by atoms with E-state index in [1.165, 1.54) is 18.2 Å². The fraction of sp³-hybridized carbons (Fsp3) is 0.294. The summed E-state index contributed by atoms with van der Waals surface area (Å²) in [4.78, 5) is 0. The predicted octanol–water partition coefficient (Wildman–Crippen LogP) is 4.82. The van der Waals surface area contributed by atoms with Crippen molar-refractivity contribution in [1.82, 2.24) is 5.32 Å². The van der Waals surface area contributed by atoms with E-state index >= 15 is 0 Å². The van der Waals surface area contributed by atoms with Crippen molar-refractivity contribution in [3.8, 4) is 0 Å². The molecular formula is C17H18ClF2N. The molecule has 0 radical (unpaired) electrons. The molecule has 0 aliphatic carbocycles. The second-order valence-electron chi connectivity index (χ2n) is 5.02. The molecule has 0 bridgehead atoms. The smallest absolute Gasteiger partial charge is 0.127 e. The van der Waals surface area contributed by atoms with E-state index in [9.17, 15) is 8.78 Å². The number of likely N-dealkylation sites (N-methyl/N-ethyl adjacent to an activating group) is 1. The minimum atomic E-state index is -0.315. The zero-order valence-electron chi connectivity index (χ0n) is 12.1. The zero-order valence-corrected chi connectivity index (χ0v) is 12.8. The summed E-state index contributed by atoms with van der Waals surface area (Å²) in [7, 11) is 0. The normalized spacial score (nSPS) is 12.4. The summed E-state index contributed by atoms with van der Waals surface area (Å²) >= 11 is 6.10. The van der Waals surface area contributed by atoms with Gasteiger partial charge in [-0.15, -0.1) is 0 Å². The summed E-state index contributed by atoms with van der Waals surface area (Å²) in [6, 6.07) is 9.23. The summed E-state index contributed by atoms with van der Waals surface area (Å²) in [6.07, 6.45) is 0.422. The van der Waals surface area contributed by atoms with Gasteiger partial charge in [0.25, 0.3) is 0 Å². The van der Waals surface area contributed by atoms with E-state index in [4.69, 9.17) is 11.6 Å². The molecule has 1 unspecified atom stereocenters. The van der Waals surface area contributed by atoms with Gasteiger partial charge in [-0.25, -0.2) is 8.78 Å². The highest BCUT2D eigenvalue weighted by atomic mass is 35.5. The van der Waals surface area contributed by atoms with Gasteiger partial charge in [-0.1, -0.05) is 30.7 Å². The van der Waals surface area contributed by atoms with Gasteiger partial charge >= 0.3 is 0 Å². The first-order chi connectivity index (χ1) is 10.0. The molecule has 0 spiro atoms. The van der Waals surface area contributed by atoms with Crippen LogP contribution in [0, 0.1) is 18.6 Å². The molecule has 0 saturated carbocycles. The topological polar surface area (TPSA) is 12.0 Å². The Morgan fingerprint density at radius 3 is 2.57 bits per heavy atom. The average molecular weight is 310 g/mol. The molecule has 0 amide bonds. The molecule has 0 saturated heterocycles. The molecule has 0 aromatic heterocycles. The Balaban J connectivity index is 2.35. The van der Waals surface area contributed by atoms with Crippen LogP contribution in [0.2, 0.25) is 5.02 Å². The van der Waals surface area contributed by atoms with Crippen LogP contribution in [0.25, 0.3) is 0 Å². The van der Waals surface area contributed by atoms with Crippen LogP contribution in [0.3, 0.4) is 0 Å². The number of aryl methyl sites for hydroxylation is 1. The standard InChI is InChI=1S/C17H18ClF2N/c1-3-21-17(13-8-7-12(19)9-11(13)2)10-14-15(18)5-4-6-16(14)20/h4-9,17,21H,3,10H2,1-2H3. The van der Waals surface area contributed by atoms with Crippen molar-refractivity contribution in [1.29, 1.82) is 0 Å². The molecular weight excluding hydrogens is 292 g/mol. The molecule has 112 valence electrons. The molecule has 0 aliphatic rings. The van der Waals surface area contributed by atoms with Gasteiger partial charge in [0, 0.05) is 16.6 Å². The summed E-state index contributed by atoms with van der Waals surface area (Å²) in [5, 5.41) is 3.73. The van der Waals surface area contributed by atoms with Gasteiger partial charge in [0.15, 0.2) is 0 Å². The summed E-state index contributed by atoms with van der Waals surface area (Å²) in [5.74, 6) is -0.583. The number of rotatable bonds is 5. The maximum Gasteiger partial charge on any atom is 0.127 e. The minimum absolute atomic E-state index is 0.106. The first kappa shape index (κ1) is 15.9. The minimum Gasteiger partial charge on any atom is -0.310 e. The van der Waals surface area contributed by atoms with Gasteiger partial charge in [0.1, 0.15) is 11.6 Å². The van der Waals surface area contributed by atoms with Gasteiger partial charge in [0.05, 0.1) is 0 Å². The van der Waals surface area contributed by atoms with Crippen molar-refractivity contribution in [3.63, 3.8) is 0 Å². The first-order valence-corrected chi connectivity index (χ1v) is 7.33. The first-order valence-electron chi connectivity index (χ1n) is 6.95. The van der Waals surface area contributed by atoms with Crippen LogP contribution in [0.4, 0.5) is 8.78 Å². The number of halogens is 3. The van der Waals surface area contributed by atoms with Crippen LogP contribution in [0.5, 0.6) is 0 Å². The number of benzene rings is 2. The number of hydrogen-bond acceptors (Lipinski definition) is 1. The molecule has 2 aromatic rings. The van der Waals surface area contributed by atoms with Crippen molar-refractivity contribution in [2.45, 2.75) is 26.3 Å². The molecule has 0 fully saturated rings. The van der Waals surface area contributed by atoms with E-state index in [1.54, 1.807) is 18.2 Å². The van der Waals surface area contributed by atoms with Gasteiger partial charge < -0.3 is 5.32 Å². The third-order valence-corrected chi connectivity index (χ3v) is 3.88. The van der Waals surface area contributed by atoms with Crippen molar-refractivity contribution in [2.75, 3.05) is 6.54 Å². The molecule has 2 aromatic carbocycles. The fourth-order valence-electron chi connectivity index (χ4n) is 2.50. The Kier molecular flexibility index (Phi) is 5.32. The molecule has 2 rings (SSSR count). The van der Waals surface area contributed by atoms with Crippen LogP contribution < -0.4 is 5.32 Å². The van der Waals surface area contributed by atoms with Crippen LogP contribution in [0.15, 0.2) is 36.4 Å². The summed E-state index contributed by atoms with van der Waals surface area (Å²) in [5.41, 5.74) is 2.28. The Labute approximate surface area is 128 Å². The maximum absolute atomic E-state index is 14.0. The van der Waals surface area contributed by atoms with Crippen molar-refractivity contribution < 1.29 is 8.78 Å². The summed E-state index contributed by atoms with van der Waals surface area (Å²) in [6.45, 7) is 4.56. The third kappa shape index (κ3) is 3.80. The van der Waals surface area contributed by atoms with Crippen LogP contribution in [0.1, 0.15) is 29.7 Å². The van der Waals surface area contributed by atoms with Crippen LogP contribution in [-0.2, 0) is 6.42 Å². The summed E-state index contributed by atoms with van der Waals surface area (Å²) < 4.78 is 27.2. The predicted molar refractivity (Wildman–Crippen MR) is 82.7 cm³/mol. The fourth-order valence-corrected chi connectivity index (χ4v) is 2.74. The van der Waals surface area contributed by atoms with Crippen molar-refractivity contribution in [3.05, 3.63) is 69.7 Å². The van der Waals surface area contributed by atoms with Crippen LogP contribution in [-0.4, -0.2) is 6.54 Å². The van der Waals surface area contributed by atoms with Gasteiger partial charge in [0.2, 0.25) is 0 Å². The van der Waals surface area contributed by atoms with Gasteiger partial charge in [-0.2, -0.15) is 0 Å². The van der Waals surface area contributed by atoms with Crippen molar-refractivity contribution >= 4 is 11.6 Å². The van der Waals surface area contributed by atoms with E-state index in [2.05, 4.69) is 5.32 Å². The second-order valence-corrected chi connectivity index (χ2v) is 5.42. The zero-order chi connectivity index (χ0) is 15.4. The molecule has 21 heavy (non-hydrogen) atoms. The molecule has 1 N–H and O–H groups in total. The Hall–Kier alpha value is -1.45. The van der Waals surface area contributed by atoms with E-state index in [0.29, 0.717) is 17.0 Å². The quantitative estimate of drug-likeness (QED) is 0.835. The Morgan fingerprint density at radius 2 is 1.95 bits per heavy atom. The lowest BCUT2D eigenvalue weighted by Gasteiger charge is -2.21. The van der Waals surface area contributed by atoms with E-state index in [1.807, 2.05) is 13.8 Å². The van der Waals surface area contributed by atoms with Gasteiger partial charge in [-0.05, 0) is 55.3 Å². The maximum atomic E-state index is 14.0. The Morgan fingerprint density at radius 1 is 1.19 bits per heavy atom.